The molecule has 5 nitrogen and oxygen atoms in total. The van der Waals surface area contributed by atoms with Gasteiger partial charge >= 0.3 is 0 Å². The Hall–Kier alpha value is -1.39. The van der Waals surface area contributed by atoms with Gasteiger partial charge in [0.25, 0.3) is 0 Å². The van der Waals surface area contributed by atoms with Gasteiger partial charge in [0.1, 0.15) is 0 Å². The molecule has 4 bridgehead atoms. The largest absolute Gasteiger partial charge is 0.353 e. The lowest BCUT2D eigenvalue weighted by Gasteiger charge is -2.54. The van der Waals surface area contributed by atoms with Crippen LogP contribution in [-0.4, -0.2) is 35.2 Å². The highest BCUT2D eigenvalue weighted by molar-refractivity contribution is 6.05. The van der Waals surface area contributed by atoms with E-state index >= 15 is 0 Å². The van der Waals surface area contributed by atoms with E-state index in [1.54, 1.807) is 0 Å². The Balaban J connectivity index is 1.17. The molecule has 0 radical (unpaired) electrons. The van der Waals surface area contributed by atoms with Crippen LogP contribution in [0.1, 0.15) is 64.2 Å². The third-order valence-corrected chi connectivity index (χ3v) is 8.05. The molecule has 5 saturated carbocycles. The minimum Gasteiger partial charge on any atom is -0.353 e. The lowest BCUT2D eigenvalue weighted by atomic mass is 9.54. The van der Waals surface area contributed by atoms with Crippen molar-refractivity contribution in [3.8, 4) is 0 Å². The maximum absolute atomic E-state index is 12.6. The highest BCUT2D eigenvalue weighted by atomic mass is 16.2. The second-order valence-corrected chi connectivity index (χ2v) is 9.60. The second kappa shape index (κ2) is 6.35. The fraction of sp³-hybridized carbons (Fsp3) is 0.857. The molecule has 0 unspecified atom stereocenters. The summed E-state index contributed by atoms with van der Waals surface area (Å²) in [6.07, 6.45) is 10.6. The van der Waals surface area contributed by atoms with Crippen LogP contribution in [0.4, 0.5) is 0 Å². The monoisotopic (exact) mass is 358 g/mol. The van der Waals surface area contributed by atoms with Gasteiger partial charge in [-0.25, -0.2) is 0 Å². The SMILES string of the molecule is O=C(CCN1C(=O)[C@H]2CCCC[C@H]2C1=O)NC1C2CC3CC(C2)CC1C3. The first-order valence-corrected chi connectivity index (χ1v) is 10.7. The topological polar surface area (TPSA) is 66.5 Å². The summed E-state index contributed by atoms with van der Waals surface area (Å²) in [6.45, 7) is 0.268. The molecule has 1 aliphatic heterocycles. The molecule has 5 heteroatoms. The van der Waals surface area contributed by atoms with Crippen LogP contribution in [0.5, 0.6) is 0 Å². The summed E-state index contributed by atoms with van der Waals surface area (Å²) >= 11 is 0. The van der Waals surface area contributed by atoms with Crippen molar-refractivity contribution in [1.29, 1.82) is 0 Å². The van der Waals surface area contributed by atoms with Gasteiger partial charge in [-0.1, -0.05) is 12.8 Å². The molecule has 0 spiro atoms. The zero-order valence-electron chi connectivity index (χ0n) is 15.5. The van der Waals surface area contributed by atoms with Gasteiger partial charge in [-0.2, -0.15) is 0 Å². The van der Waals surface area contributed by atoms with E-state index in [2.05, 4.69) is 5.32 Å². The van der Waals surface area contributed by atoms with Gasteiger partial charge in [-0.3, -0.25) is 19.3 Å². The Morgan fingerprint density at radius 1 is 0.885 bits per heavy atom. The molecule has 6 aliphatic rings. The van der Waals surface area contributed by atoms with E-state index in [1.165, 1.54) is 37.0 Å². The molecule has 26 heavy (non-hydrogen) atoms. The van der Waals surface area contributed by atoms with Crippen molar-refractivity contribution in [1.82, 2.24) is 10.2 Å². The normalized spacial score (nSPS) is 43.7. The number of nitrogens with zero attached hydrogens (tertiary/aromatic N) is 1. The molecule has 1 saturated heterocycles. The van der Waals surface area contributed by atoms with Crippen LogP contribution in [0.3, 0.4) is 0 Å². The third-order valence-electron chi connectivity index (χ3n) is 8.05. The zero-order valence-corrected chi connectivity index (χ0v) is 15.5. The van der Waals surface area contributed by atoms with E-state index in [-0.39, 0.29) is 42.5 Å². The average molecular weight is 358 g/mol. The van der Waals surface area contributed by atoms with Crippen molar-refractivity contribution in [2.75, 3.05) is 6.54 Å². The quantitative estimate of drug-likeness (QED) is 0.785. The molecular weight excluding hydrogens is 328 g/mol. The summed E-state index contributed by atoms with van der Waals surface area (Å²) in [5.74, 6) is 2.87. The molecule has 0 aromatic carbocycles. The lowest BCUT2D eigenvalue weighted by molar-refractivity contribution is -0.140. The van der Waals surface area contributed by atoms with Crippen LogP contribution in [-0.2, 0) is 14.4 Å². The van der Waals surface area contributed by atoms with E-state index in [0.717, 1.165) is 37.5 Å². The Kier molecular flexibility index (Phi) is 4.09. The van der Waals surface area contributed by atoms with E-state index in [0.29, 0.717) is 17.9 Å². The highest BCUT2D eigenvalue weighted by Crippen LogP contribution is 2.53. The minimum atomic E-state index is -0.108. The van der Waals surface area contributed by atoms with E-state index in [4.69, 9.17) is 0 Å². The molecule has 3 amide bonds. The van der Waals surface area contributed by atoms with Crippen LogP contribution in [0.25, 0.3) is 0 Å². The number of likely N-dealkylation sites (tertiary alicyclic amines) is 1. The highest BCUT2D eigenvalue weighted by Gasteiger charge is 2.49. The Bertz CT molecular complexity index is 579. The molecule has 1 heterocycles. The Morgan fingerprint density at radius 2 is 1.42 bits per heavy atom. The van der Waals surface area contributed by atoms with Crippen LogP contribution in [0.2, 0.25) is 0 Å². The van der Waals surface area contributed by atoms with Crippen molar-refractivity contribution >= 4 is 17.7 Å². The Morgan fingerprint density at radius 3 is 1.96 bits per heavy atom. The maximum atomic E-state index is 12.6. The number of hydrogen-bond donors (Lipinski definition) is 1. The van der Waals surface area contributed by atoms with Crippen LogP contribution in [0.15, 0.2) is 0 Å². The van der Waals surface area contributed by atoms with Gasteiger partial charge in [0, 0.05) is 19.0 Å². The minimum absolute atomic E-state index is 0.0258. The summed E-state index contributed by atoms with van der Waals surface area (Å²) in [6, 6.07) is 0.336. The number of hydrogen-bond acceptors (Lipinski definition) is 3. The van der Waals surface area contributed by atoms with Gasteiger partial charge < -0.3 is 5.32 Å². The van der Waals surface area contributed by atoms with Crippen molar-refractivity contribution in [3.63, 3.8) is 0 Å². The molecule has 2 atom stereocenters. The fourth-order valence-corrected chi connectivity index (χ4v) is 7.08. The lowest BCUT2D eigenvalue weighted by Crippen LogP contribution is -2.56. The average Bonchev–Trinajstić information content (AvgIpc) is 2.87. The van der Waals surface area contributed by atoms with Gasteiger partial charge in [-0.05, 0) is 68.6 Å². The molecule has 0 aromatic rings. The van der Waals surface area contributed by atoms with Crippen LogP contribution in [0, 0.1) is 35.5 Å². The van der Waals surface area contributed by atoms with Crippen molar-refractivity contribution < 1.29 is 14.4 Å². The smallest absolute Gasteiger partial charge is 0.233 e. The number of carbonyl (C=O) groups excluding carboxylic acids is 3. The Labute approximate surface area is 155 Å². The number of nitrogens with one attached hydrogen (secondary N) is 1. The number of carbonyl (C=O) groups is 3. The first-order chi connectivity index (χ1) is 12.6. The zero-order chi connectivity index (χ0) is 17.8. The summed E-state index contributed by atoms with van der Waals surface area (Å²) in [7, 11) is 0. The summed E-state index contributed by atoms with van der Waals surface area (Å²) in [4.78, 5) is 39.0. The molecule has 6 rings (SSSR count). The number of rotatable bonds is 4. The second-order valence-electron chi connectivity index (χ2n) is 9.60. The summed E-state index contributed by atoms with van der Waals surface area (Å²) in [5, 5.41) is 3.29. The van der Waals surface area contributed by atoms with E-state index < -0.39 is 0 Å². The number of imide groups is 1. The molecule has 6 fully saturated rings. The van der Waals surface area contributed by atoms with Gasteiger partial charge in [0.2, 0.25) is 17.7 Å². The molecule has 1 N–H and O–H groups in total. The molecule has 142 valence electrons. The van der Waals surface area contributed by atoms with Crippen molar-refractivity contribution in [2.24, 2.45) is 35.5 Å². The molecular formula is C21H30N2O3. The van der Waals surface area contributed by atoms with Crippen LogP contribution >= 0.6 is 0 Å². The van der Waals surface area contributed by atoms with Crippen LogP contribution < -0.4 is 5.32 Å². The van der Waals surface area contributed by atoms with Crippen molar-refractivity contribution in [2.45, 2.75) is 70.3 Å². The first kappa shape index (κ1) is 16.8. The third kappa shape index (κ3) is 2.69. The van der Waals surface area contributed by atoms with Gasteiger partial charge in [0.05, 0.1) is 11.8 Å². The standard InChI is InChI=1S/C21H30N2O3/c24-18(22-19-14-8-12-7-13(10-14)11-15(19)9-12)5-6-23-20(25)16-3-1-2-4-17(16)21(23)26/h12-17,19H,1-11H2,(H,22,24)/t12?,13?,14?,15?,16-,17+,19?. The number of amides is 3. The van der Waals surface area contributed by atoms with Gasteiger partial charge in [-0.15, -0.1) is 0 Å². The van der Waals surface area contributed by atoms with Crippen molar-refractivity contribution in [3.05, 3.63) is 0 Å². The summed E-state index contributed by atoms with van der Waals surface area (Å²) in [5.41, 5.74) is 0. The predicted molar refractivity (Wildman–Crippen MR) is 95.8 cm³/mol. The number of fused-ring (bicyclic) bond motifs is 1. The maximum Gasteiger partial charge on any atom is 0.233 e. The first-order valence-electron chi connectivity index (χ1n) is 10.7. The molecule has 5 aliphatic carbocycles. The van der Waals surface area contributed by atoms with Gasteiger partial charge in [0.15, 0.2) is 0 Å². The molecule has 0 aromatic heterocycles. The van der Waals surface area contributed by atoms with E-state index in [9.17, 15) is 14.4 Å². The predicted octanol–water partition coefficient (Wildman–Crippen LogP) is 2.49. The fourth-order valence-electron chi connectivity index (χ4n) is 7.08. The summed E-state index contributed by atoms with van der Waals surface area (Å²) < 4.78 is 0. The van der Waals surface area contributed by atoms with E-state index in [1.807, 2.05) is 0 Å².